The Hall–Kier alpha value is -0.0500. The standard InChI is InChI=1S/C8H16BrNO/c1-4-5-6-10-7(11)8(2,3)9/h4-6H2,1-3H3,(H,10,11). The van der Waals surface area contributed by atoms with Gasteiger partial charge in [-0.3, -0.25) is 4.79 Å². The lowest BCUT2D eigenvalue weighted by molar-refractivity contribution is -0.122. The van der Waals surface area contributed by atoms with Gasteiger partial charge in [0.15, 0.2) is 0 Å². The highest BCUT2D eigenvalue weighted by Gasteiger charge is 2.22. The third kappa shape index (κ3) is 5.24. The summed E-state index contributed by atoms with van der Waals surface area (Å²) in [5, 5.41) is 2.84. The van der Waals surface area contributed by atoms with Crippen molar-refractivity contribution in [1.29, 1.82) is 0 Å². The minimum atomic E-state index is -0.430. The summed E-state index contributed by atoms with van der Waals surface area (Å²) >= 11 is 3.28. The Morgan fingerprint density at radius 1 is 1.55 bits per heavy atom. The van der Waals surface area contributed by atoms with Gasteiger partial charge >= 0.3 is 0 Å². The van der Waals surface area contributed by atoms with E-state index in [1.165, 1.54) is 0 Å². The maximum atomic E-state index is 11.2. The van der Waals surface area contributed by atoms with E-state index in [2.05, 4.69) is 28.2 Å². The highest BCUT2D eigenvalue weighted by atomic mass is 79.9. The molecule has 0 radical (unpaired) electrons. The van der Waals surface area contributed by atoms with E-state index in [0.29, 0.717) is 0 Å². The van der Waals surface area contributed by atoms with E-state index in [0.717, 1.165) is 19.4 Å². The average Bonchev–Trinajstić information content (AvgIpc) is 1.86. The molecule has 0 bridgehead atoms. The van der Waals surface area contributed by atoms with Crippen LogP contribution < -0.4 is 5.32 Å². The second-order valence-electron chi connectivity index (χ2n) is 3.08. The van der Waals surface area contributed by atoms with Gasteiger partial charge in [0.25, 0.3) is 0 Å². The van der Waals surface area contributed by atoms with Crippen molar-refractivity contribution in [2.45, 2.75) is 37.9 Å². The number of amides is 1. The van der Waals surface area contributed by atoms with Gasteiger partial charge in [0.05, 0.1) is 4.32 Å². The molecule has 0 aliphatic heterocycles. The number of hydrogen-bond acceptors (Lipinski definition) is 1. The molecule has 0 atom stereocenters. The number of unbranched alkanes of at least 4 members (excludes halogenated alkanes) is 1. The molecule has 1 amide bonds. The molecule has 0 rings (SSSR count). The first-order chi connectivity index (χ1) is 4.98. The number of alkyl halides is 1. The molecule has 11 heavy (non-hydrogen) atoms. The molecule has 0 heterocycles. The van der Waals surface area contributed by atoms with E-state index >= 15 is 0 Å². The second-order valence-corrected chi connectivity index (χ2v) is 5.06. The predicted molar refractivity (Wildman–Crippen MR) is 50.9 cm³/mol. The van der Waals surface area contributed by atoms with Gasteiger partial charge in [-0.15, -0.1) is 0 Å². The molecule has 0 fully saturated rings. The SMILES string of the molecule is CCCCNC(=O)C(C)(C)Br. The lowest BCUT2D eigenvalue weighted by Crippen LogP contribution is -2.37. The van der Waals surface area contributed by atoms with Crippen LogP contribution in [-0.2, 0) is 4.79 Å². The molecule has 2 nitrogen and oxygen atoms in total. The molecular weight excluding hydrogens is 206 g/mol. The highest BCUT2D eigenvalue weighted by molar-refractivity contribution is 9.10. The van der Waals surface area contributed by atoms with Crippen LogP contribution in [0.2, 0.25) is 0 Å². The molecule has 0 aromatic rings. The Morgan fingerprint density at radius 2 is 2.09 bits per heavy atom. The Labute approximate surface area is 76.9 Å². The largest absolute Gasteiger partial charge is 0.355 e. The number of hydrogen-bond donors (Lipinski definition) is 1. The van der Waals surface area contributed by atoms with E-state index in [-0.39, 0.29) is 5.91 Å². The van der Waals surface area contributed by atoms with Gasteiger partial charge < -0.3 is 5.32 Å². The fraction of sp³-hybridized carbons (Fsp3) is 0.875. The van der Waals surface area contributed by atoms with E-state index < -0.39 is 4.32 Å². The maximum absolute atomic E-state index is 11.2. The number of carbonyl (C=O) groups excluding carboxylic acids is 1. The zero-order valence-electron chi connectivity index (χ0n) is 7.41. The van der Waals surface area contributed by atoms with Crippen molar-refractivity contribution in [1.82, 2.24) is 5.32 Å². The van der Waals surface area contributed by atoms with Crippen LogP contribution in [0.4, 0.5) is 0 Å². The molecule has 66 valence electrons. The van der Waals surface area contributed by atoms with Crippen LogP contribution in [0.25, 0.3) is 0 Å². The molecule has 0 aromatic heterocycles. The third-order valence-corrected chi connectivity index (χ3v) is 1.72. The van der Waals surface area contributed by atoms with Gasteiger partial charge in [0, 0.05) is 6.54 Å². The summed E-state index contributed by atoms with van der Waals surface area (Å²) in [4.78, 5) is 11.2. The lowest BCUT2D eigenvalue weighted by Gasteiger charge is -2.15. The van der Waals surface area contributed by atoms with Gasteiger partial charge in [0.1, 0.15) is 0 Å². The lowest BCUT2D eigenvalue weighted by atomic mass is 10.2. The van der Waals surface area contributed by atoms with Crippen molar-refractivity contribution in [3.63, 3.8) is 0 Å². The van der Waals surface area contributed by atoms with Crippen molar-refractivity contribution in [2.75, 3.05) is 6.54 Å². The van der Waals surface area contributed by atoms with Gasteiger partial charge in [-0.05, 0) is 20.3 Å². The van der Waals surface area contributed by atoms with Crippen molar-refractivity contribution >= 4 is 21.8 Å². The van der Waals surface area contributed by atoms with Gasteiger partial charge in [-0.25, -0.2) is 0 Å². The minimum absolute atomic E-state index is 0.0611. The Kier molecular flexibility index (Phi) is 4.73. The molecular formula is C8H16BrNO. The molecule has 1 N–H and O–H groups in total. The van der Waals surface area contributed by atoms with Crippen LogP contribution >= 0.6 is 15.9 Å². The fourth-order valence-electron chi connectivity index (χ4n) is 0.589. The number of carbonyl (C=O) groups is 1. The average molecular weight is 222 g/mol. The summed E-state index contributed by atoms with van der Waals surface area (Å²) in [5.74, 6) is 0.0611. The smallest absolute Gasteiger partial charge is 0.236 e. The van der Waals surface area contributed by atoms with Crippen LogP contribution in [-0.4, -0.2) is 16.8 Å². The second kappa shape index (κ2) is 4.75. The van der Waals surface area contributed by atoms with E-state index in [1.807, 2.05) is 13.8 Å². The fourth-order valence-corrected chi connectivity index (χ4v) is 0.729. The van der Waals surface area contributed by atoms with Gasteiger partial charge in [-0.1, -0.05) is 29.3 Å². The molecule has 0 saturated heterocycles. The van der Waals surface area contributed by atoms with Crippen LogP contribution in [0.15, 0.2) is 0 Å². The van der Waals surface area contributed by atoms with Crippen LogP contribution in [0, 0.1) is 0 Å². The molecule has 3 heteroatoms. The topological polar surface area (TPSA) is 29.1 Å². The van der Waals surface area contributed by atoms with E-state index in [9.17, 15) is 4.79 Å². The van der Waals surface area contributed by atoms with Crippen molar-refractivity contribution < 1.29 is 4.79 Å². The Morgan fingerprint density at radius 3 is 2.45 bits per heavy atom. The predicted octanol–water partition coefficient (Wildman–Crippen LogP) is 2.08. The molecule has 0 aliphatic rings. The molecule has 0 aromatic carbocycles. The third-order valence-electron chi connectivity index (χ3n) is 1.36. The molecule has 0 aliphatic carbocycles. The molecule has 0 unspecified atom stereocenters. The molecule has 0 spiro atoms. The minimum Gasteiger partial charge on any atom is -0.355 e. The summed E-state index contributed by atoms with van der Waals surface area (Å²) < 4.78 is -0.430. The normalized spacial score (nSPS) is 11.3. The maximum Gasteiger partial charge on any atom is 0.236 e. The van der Waals surface area contributed by atoms with Gasteiger partial charge in [0.2, 0.25) is 5.91 Å². The zero-order valence-corrected chi connectivity index (χ0v) is 8.99. The zero-order chi connectivity index (χ0) is 8.91. The van der Waals surface area contributed by atoms with E-state index in [1.54, 1.807) is 0 Å². The first-order valence-corrected chi connectivity index (χ1v) is 4.75. The monoisotopic (exact) mass is 221 g/mol. The first-order valence-electron chi connectivity index (χ1n) is 3.95. The van der Waals surface area contributed by atoms with Crippen molar-refractivity contribution in [3.05, 3.63) is 0 Å². The summed E-state index contributed by atoms with van der Waals surface area (Å²) in [5.41, 5.74) is 0. The summed E-state index contributed by atoms with van der Waals surface area (Å²) in [7, 11) is 0. The summed E-state index contributed by atoms with van der Waals surface area (Å²) in [6.45, 7) is 6.57. The first kappa shape index (κ1) is 11.0. The highest BCUT2D eigenvalue weighted by Crippen LogP contribution is 2.14. The van der Waals surface area contributed by atoms with Crippen LogP contribution in [0.3, 0.4) is 0 Å². The number of rotatable bonds is 4. The number of halogens is 1. The van der Waals surface area contributed by atoms with Crippen LogP contribution in [0.5, 0.6) is 0 Å². The summed E-state index contributed by atoms with van der Waals surface area (Å²) in [6.07, 6.45) is 2.16. The quantitative estimate of drug-likeness (QED) is 0.572. The Balaban J connectivity index is 3.54. The van der Waals surface area contributed by atoms with Crippen molar-refractivity contribution in [2.24, 2.45) is 0 Å². The van der Waals surface area contributed by atoms with Gasteiger partial charge in [-0.2, -0.15) is 0 Å². The van der Waals surface area contributed by atoms with Crippen LogP contribution in [0.1, 0.15) is 33.6 Å². The number of nitrogens with one attached hydrogen (secondary N) is 1. The molecule has 0 saturated carbocycles. The van der Waals surface area contributed by atoms with E-state index in [4.69, 9.17) is 0 Å². The van der Waals surface area contributed by atoms with Crippen molar-refractivity contribution in [3.8, 4) is 0 Å². The summed E-state index contributed by atoms with van der Waals surface area (Å²) in [6, 6.07) is 0. The Bertz CT molecular complexity index is 129.